The van der Waals surface area contributed by atoms with Crippen LogP contribution in [-0.4, -0.2) is 5.25 Å². The van der Waals surface area contributed by atoms with E-state index in [1.54, 1.807) is 0 Å². The third kappa shape index (κ3) is 3.43. The van der Waals surface area contributed by atoms with E-state index in [0.717, 1.165) is 5.25 Å². The Morgan fingerprint density at radius 3 is 2.31 bits per heavy atom. The van der Waals surface area contributed by atoms with Gasteiger partial charge in [-0.3, -0.25) is 0 Å². The maximum Gasteiger partial charge on any atom is 0.0271 e. The lowest BCUT2D eigenvalue weighted by atomic mass is 10.2. The zero-order valence-electron chi connectivity index (χ0n) is 8.66. The standard InChI is InChI=1S/C12H18S/c1-4-10(2)13-11(3)12-8-6-5-7-9-12/h5-11H,4H2,1-3H3. The molecule has 2 unspecified atom stereocenters. The minimum Gasteiger partial charge on any atom is -0.151 e. The number of hydrogen-bond acceptors (Lipinski definition) is 1. The van der Waals surface area contributed by atoms with Crippen molar-refractivity contribution in [1.82, 2.24) is 0 Å². The summed E-state index contributed by atoms with van der Waals surface area (Å²) in [5.41, 5.74) is 1.44. The second-order valence-corrected chi connectivity index (χ2v) is 5.19. The molecular formula is C12H18S. The first-order valence-corrected chi connectivity index (χ1v) is 5.88. The monoisotopic (exact) mass is 194 g/mol. The molecule has 0 heterocycles. The second kappa shape index (κ2) is 5.33. The molecule has 0 bridgehead atoms. The van der Waals surface area contributed by atoms with Crippen LogP contribution >= 0.6 is 11.8 Å². The quantitative estimate of drug-likeness (QED) is 0.689. The first-order chi connectivity index (χ1) is 6.24. The topological polar surface area (TPSA) is 0 Å². The predicted octanol–water partition coefficient (Wildman–Crippen LogP) is 4.28. The molecule has 0 aliphatic carbocycles. The molecule has 0 aliphatic rings. The van der Waals surface area contributed by atoms with Crippen molar-refractivity contribution in [3.63, 3.8) is 0 Å². The Morgan fingerprint density at radius 1 is 1.15 bits per heavy atom. The molecule has 72 valence electrons. The zero-order valence-corrected chi connectivity index (χ0v) is 9.47. The van der Waals surface area contributed by atoms with E-state index in [4.69, 9.17) is 0 Å². The van der Waals surface area contributed by atoms with Gasteiger partial charge < -0.3 is 0 Å². The van der Waals surface area contributed by atoms with Crippen LogP contribution < -0.4 is 0 Å². The van der Waals surface area contributed by atoms with E-state index < -0.39 is 0 Å². The Balaban J connectivity index is 2.53. The summed E-state index contributed by atoms with van der Waals surface area (Å²) < 4.78 is 0. The molecule has 0 saturated heterocycles. The third-order valence-corrected chi connectivity index (χ3v) is 3.76. The van der Waals surface area contributed by atoms with Crippen LogP contribution in [0, 0.1) is 0 Å². The van der Waals surface area contributed by atoms with E-state index in [2.05, 4.69) is 62.9 Å². The Labute approximate surface area is 85.7 Å². The lowest BCUT2D eigenvalue weighted by Crippen LogP contribution is -1.97. The Morgan fingerprint density at radius 2 is 1.77 bits per heavy atom. The fourth-order valence-electron chi connectivity index (χ4n) is 1.25. The van der Waals surface area contributed by atoms with Gasteiger partial charge in [-0.05, 0) is 18.9 Å². The van der Waals surface area contributed by atoms with Crippen LogP contribution in [0.15, 0.2) is 30.3 Å². The lowest BCUT2D eigenvalue weighted by molar-refractivity contribution is 0.895. The first-order valence-electron chi connectivity index (χ1n) is 4.94. The highest BCUT2D eigenvalue weighted by Gasteiger charge is 2.08. The minimum absolute atomic E-state index is 0.621. The molecule has 0 N–H and O–H groups in total. The highest BCUT2D eigenvalue weighted by molar-refractivity contribution is 8.00. The summed E-state index contributed by atoms with van der Waals surface area (Å²) in [7, 11) is 0. The Bertz CT molecular complexity index is 230. The average molecular weight is 194 g/mol. The van der Waals surface area contributed by atoms with Crippen LogP contribution in [-0.2, 0) is 0 Å². The number of thioether (sulfide) groups is 1. The van der Waals surface area contributed by atoms with Gasteiger partial charge in [-0.2, -0.15) is 11.8 Å². The summed E-state index contributed by atoms with van der Waals surface area (Å²) in [6, 6.07) is 10.7. The molecule has 0 nitrogen and oxygen atoms in total. The molecule has 0 fully saturated rings. The molecule has 1 heteroatoms. The number of benzene rings is 1. The number of hydrogen-bond donors (Lipinski definition) is 0. The highest BCUT2D eigenvalue weighted by atomic mass is 32.2. The summed E-state index contributed by atoms with van der Waals surface area (Å²) >= 11 is 2.05. The van der Waals surface area contributed by atoms with Crippen molar-refractivity contribution in [1.29, 1.82) is 0 Å². The van der Waals surface area contributed by atoms with Crippen molar-refractivity contribution < 1.29 is 0 Å². The summed E-state index contributed by atoms with van der Waals surface area (Å²) in [6.07, 6.45) is 1.25. The largest absolute Gasteiger partial charge is 0.151 e. The van der Waals surface area contributed by atoms with Crippen LogP contribution in [0.2, 0.25) is 0 Å². The van der Waals surface area contributed by atoms with E-state index in [9.17, 15) is 0 Å². The van der Waals surface area contributed by atoms with Crippen LogP contribution in [0.5, 0.6) is 0 Å². The van der Waals surface area contributed by atoms with E-state index in [0.29, 0.717) is 5.25 Å². The Hall–Kier alpha value is -0.430. The van der Waals surface area contributed by atoms with Gasteiger partial charge in [-0.15, -0.1) is 0 Å². The van der Waals surface area contributed by atoms with Gasteiger partial charge in [-0.1, -0.05) is 44.2 Å². The van der Waals surface area contributed by atoms with Crippen LogP contribution in [0.25, 0.3) is 0 Å². The van der Waals surface area contributed by atoms with E-state index >= 15 is 0 Å². The van der Waals surface area contributed by atoms with Gasteiger partial charge >= 0.3 is 0 Å². The maximum atomic E-state index is 2.30. The molecule has 0 aliphatic heterocycles. The van der Waals surface area contributed by atoms with Crippen LogP contribution in [0.1, 0.15) is 38.0 Å². The molecule has 1 rings (SSSR count). The van der Waals surface area contributed by atoms with Crippen molar-refractivity contribution >= 4 is 11.8 Å². The normalized spacial score (nSPS) is 15.3. The summed E-state index contributed by atoms with van der Waals surface area (Å²) in [5.74, 6) is 0. The summed E-state index contributed by atoms with van der Waals surface area (Å²) in [5, 5.41) is 1.38. The van der Waals surface area contributed by atoms with Crippen LogP contribution in [0.3, 0.4) is 0 Å². The van der Waals surface area contributed by atoms with E-state index in [1.165, 1.54) is 12.0 Å². The fraction of sp³-hybridized carbons (Fsp3) is 0.500. The minimum atomic E-state index is 0.621. The fourth-order valence-corrected chi connectivity index (χ4v) is 2.45. The van der Waals surface area contributed by atoms with E-state index in [1.807, 2.05) is 0 Å². The molecule has 0 amide bonds. The van der Waals surface area contributed by atoms with Gasteiger partial charge in [0.1, 0.15) is 0 Å². The van der Waals surface area contributed by atoms with E-state index in [-0.39, 0.29) is 0 Å². The SMILES string of the molecule is CCC(C)SC(C)c1ccccc1. The lowest BCUT2D eigenvalue weighted by Gasteiger charge is -2.15. The van der Waals surface area contributed by atoms with Gasteiger partial charge in [0.15, 0.2) is 0 Å². The van der Waals surface area contributed by atoms with Crippen molar-refractivity contribution in [2.75, 3.05) is 0 Å². The van der Waals surface area contributed by atoms with Gasteiger partial charge in [0.2, 0.25) is 0 Å². The van der Waals surface area contributed by atoms with Gasteiger partial charge in [0.25, 0.3) is 0 Å². The molecular weight excluding hydrogens is 176 g/mol. The van der Waals surface area contributed by atoms with Gasteiger partial charge in [0, 0.05) is 10.5 Å². The van der Waals surface area contributed by atoms with Crippen molar-refractivity contribution in [2.45, 2.75) is 37.7 Å². The average Bonchev–Trinajstić information content (AvgIpc) is 2.19. The van der Waals surface area contributed by atoms with Crippen molar-refractivity contribution in [3.05, 3.63) is 35.9 Å². The first kappa shape index (κ1) is 10.6. The van der Waals surface area contributed by atoms with Crippen molar-refractivity contribution in [3.8, 4) is 0 Å². The maximum absolute atomic E-state index is 2.30. The molecule has 1 aromatic carbocycles. The number of rotatable bonds is 4. The van der Waals surface area contributed by atoms with Gasteiger partial charge in [-0.25, -0.2) is 0 Å². The second-order valence-electron chi connectivity index (χ2n) is 3.41. The van der Waals surface area contributed by atoms with Crippen molar-refractivity contribution in [2.24, 2.45) is 0 Å². The highest BCUT2D eigenvalue weighted by Crippen LogP contribution is 2.32. The summed E-state index contributed by atoms with van der Waals surface area (Å²) in [4.78, 5) is 0. The summed E-state index contributed by atoms with van der Waals surface area (Å²) in [6.45, 7) is 6.83. The smallest absolute Gasteiger partial charge is 0.0271 e. The third-order valence-electron chi connectivity index (χ3n) is 2.28. The molecule has 0 saturated carbocycles. The predicted molar refractivity (Wildman–Crippen MR) is 62.2 cm³/mol. The van der Waals surface area contributed by atoms with Crippen LogP contribution in [0.4, 0.5) is 0 Å². The molecule has 0 aromatic heterocycles. The molecule has 0 radical (unpaired) electrons. The molecule has 1 aromatic rings. The zero-order chi connectivity index (χ0) is 9.68. The Kier molecular flexibility index (Phi) is 4.37. The molecule has 2 atom stereocenters. The molecule has 0 spiro atoms. The molecule has 13 heavy (non-hydrogen) atoms. The van der Waals surface area contributed by atoms with Gasteiger partial charge in [0.05, 0.1) is 0 Å².